The van der Waals surface area contributed by atoms with Crippen LogP contribution < -0.4 is 5.32 Å². The van der Waals surface area contributed by atoms with E-state index in [-0.39, 0.29) is 11.4 Å². The molecule has 2 aromatic heterocycles. The number of benzene rings is 2. The molecule has 162 valence electrons. The molecule has 0 spiro atoms. The highest BCUT2D eigenvalue weighted by Crippen LogP contribution is 2.38. The van der Waals surface area contributed by atoms with E-state index < -0.39 is 11.8 Å². The predicted octanol–water partition coefficient (Wildman–Crippen LogP) is 3.78. The van der Waals surface area contributed by atoms with Crippen LogP contribution in [0.15, 0.2) is 54.9 Å². The predicted molar refractivity (Wildman–Crippen MR) is 123 cm³/mol. The summed E-state index contributed by atoms with van der Waals surface area (Å²) in [6.07, 6.45) is 4.37. The zero-order valence-corrected chi connectivity index (χ0v) is 17.9. The first-order valence-electron chi connectivity index (χ1n) is 10.5. The average Bonchev–Trinajstić information content (AvgIpc) is 3.41. The van der Waals surface area contributed by atoms with Gasteiger partial charge in [0.25, 0.3) is 11.8 Å². The van der Waals surface area contributed by atoms with Gasteiger partial charge in [-0.2, -0.15) is 0 Å². The van der Waals surface area contributed by atoms with E-state index in [2.05, 4.69) is 15.2 Å². The van der Waals surface area contributed by atoms with Crippen LogP contribution >= 0.6 is 0 Å². The molecule has 5 rings (SSSR count). The monoisotopic (exact) mass is 430 g/mol. The Balaban J connectivity index is 1.73. The SMILES string of the molecule is CN(C)CCCn1cc(C2=C(c3c[nH]c4ccccc34)C(=O)NC2=O)c2cccc(F)c21. The number of imide groups is 1. The Labute approximate surface area is 184 Å². The van der Waals surface area contributed by atoms with Gasteiger partial charge in [-0.25, -0.2) is 4.39 Å². The van der Waals surface area contributed by atoms with Gasteiger partial charge in [-0.1, -0.05) is 30.3 Å². The van der Waals surface area contributed by atoms with E-state index in [0.29, 0.717) is 34.1 Å². The van der Waals surface area contributed by atoms with E-state index in [1.54, 1.807) is 24.5 Å². The van der Waals surface area contributed by atoms with Crippen LogP contribution in [0, 0.1) is 5.82 Å². The summed E-state index contributed by atoms with van der Waals surface area (Å²) in [7, 11) is 3.99. The minimum Gasteiger partial charge on any atom is -0.361 e. The fourth-order valence-electron chi connectivity index (χ4n) is 4.49. The van der Waals surface area contributed by atoms with Gasteiger partial charge in [0.05, 0.1) is 16.7 Å². The highest BCUT2D eigenvalue weighted by Gasteiger charge is 2.35. The van der Waals surface area contributed by atoms with Crippen LogP contribution in [0.3, 0.4) is 0 Å². The van der Waals surface area contributed by atoms with Crippen LogP contribution in [-0.4, -0.2) is 46.9 Å². The zero-order chi connectivity index (χ0) is 22.4. The number of H-pyrrole nitrogens is 1. The van der Waals surface area contributed by atoms with Crippen LogP contribution in [0.4, 0.5) is 4.39 Å². The number of amides is 2. The third-order valence-electron chi connectivity index (χ3n) is 5.91. The molecule has 2 N–H and O–H groups in total. The lowest BCUT2D eigenvalue weighted by molar-refractivity contribution is -0.122. The second kappa shape index (κ2) is 7.76. The molecule has 3 heterocycles. The Hall–Kier alpha value is -3.71. The first kappa shape index (κ1) is 20.2. The number of carbonyl (C=O) groups is 2. The normalized spacial score (nSPS) is 14.4. The second-order valence-electron chi connectivity index (χ2n) is 8.31. The number of aromatic amines is 1. The third kappa shape index (κ3) is 3.22. The molecule has 0 unspecified atom stereocenters. The number of hydrogen-bond donors (Lipinski definition) is 2. The van der Waals surface area contributed by atoms with Crippen molar-refractivity contribution >= 4 is 44.8 Å². The molecule has 0 saturated carbocycles. The summed E-state index contributed by atoms with van der Waals surface area (Å²) in [5, 5.41) is 3.91. The van der Waals surface area contributed by atoms with Gasteiger partial charge in [-0.3, -0.25) is 14.9 Å². The third-order valence-corrected chi connectivity index (χ3v) is 5.91. The minimum atomic E-state index is -0.466. The fraction of sp³-hybridized carbons (Fsp3) is 0.200. The molecule has 0 atom stereocenters. The number of rotatable bonds is 6. The van der Waals surface area contributed by atoms with Gasteiger partial charge in [-0.15, -0.1) is 0 Å². The highest BCUT2D eigenvalue weighted by molar-refractivity contribution is 6.50. The molecule has 1 aliphatic heterocycles. The van der Waals surface area contributed by atoms with Crippen molar-refractivity contribution in [1.29, 1.82) is 0 Å². The van der Waals surface area contributed by atoms with Gasteiger partial charge in [-0.05, 0) is 39.2 Å². The molecule has 0 saturated heterocycles. The maximum Gasteiger partial charge on any atom is 0.259 e. The van der Waals surface area contributed by atoms with Gasteiger partial charge in [0.1, 0.15) is 5.82 Å². The summed E-state index contributed by atoms with van der Waals surface area (Å²) in [6.45, 7) is 1.45. The molecule has 0 aliphatic carbocycles. The van der Waals surface area contributed by atoms with E-state index in [1.807, 2.05) is 42.9 Å². The van der Waals surface area contributed by atoms with E-state index in [1.165, 1.54) is 6.07 Å². The number of hydrogen-bond acceptors (Lipinski definition) is 3. The van der Waals surface area contributed by atoms with Crippen molar-refractivity contribution in [1.82, 2.24) is 19.8 Å². The summed E-state index contributed by atoms with van der Waals surface area (Å²) >= 11 is 0. The Morgan fingerprint density at radius 2 is 1.66 bits per heavy atom. The molecule has 6 nitrogen and oxygen atoms in total. The maximum absolute atomic E-state index is 14.9. The molecule has 2 aromatic carbocycles. The van der Waals surface area contributed by atoms with E-state index in [9.17, 15) is 14.0 Å². The summed E-state index contributed by atoms with van der Waals surface area (Å²) < 4.78 is 16.7. The molecule has 4 aromatic rings. The van der Waals surface area contributed by atoms with Crippen molar-refractivity contribution in [2.45, 2.75) is 13.0 Å². The molecule has 7 heteroatoms. The molecule has 1 aliphatic rings. The molecule has 32 heavy (non-hydrogen) atoms. The van der Waals surface area contributed by atoms with Crippen LogP contribution in [0.5, 0.6) is 0 Å². The van der Waals surface area contributed by atoms with Gasteiger partial charge in [0.2, 0.25) is 0 Å². The van der Waals surface area contributed by atoms with Gasteiger partial charge < -0.3 is 14.5 Å². The Morgan fingerprint density at radius 1 is 0.938 bits per heavy atom. The van der Waals surface area contributed by atoms with Crippen molar-refractivity contribution in [2.24, 2.45) is 0 Å². The molecular weight excluding hydrogens is 407 g/mol. The number of halogens is 1. The van der Waals surface area contributed by atoms with Crippen molar-refractivity contribution in [2.75, 3.05) is 20.6 Å². The lowest BCUT2D eigenvalue weighted by atomic mass is 9.95. The summed E-state index contributed by atoms with van der Waals surface area (Å²) in [6, 6.07) is 12.5. The standard InChI is InChI=1S/C25H23FN4O2/c1-29(2)11-6-12-30-14-18(16-8-5-9-19(26)23(16)30)22-21(24(31)28-25(22)32)17-13-27-20-10-4-3-7-15(17)20/h3-5,7-10,13-14,27H,6,11-12H2,1-2H3,(H,28,31,32). The second-order valence-corrected chi connectivity index (χ2v) is 8.31. The molecule has 0 fully saturated rings. The van der Waals surface area contributed by atoms with Gasteiger partial charge in [0, 0.05) is 46.4 Å². The number of carbonyl (C=O) groups excluding carboxylic acids is 2. The minimum absolute atomic E-state index is 0.279. The number of aromatic nitrogens is 2. The summed E-state index contributed by atoms with van der Waals surface area (Å²) in [5.41, 5.74) is 3.13. The number of fused-ring (bicyclic) bond motifs is 2. The molecule has 0 radical (unpaired) electrons. The lowest BCUT2D eigenvalue weighted by Gasteiger charge is -2.10. The van der Waals surface area contributed by atoms with Crippen LogP contribution in [-0.2, 0) is 16.1 Å². The largest absolute Gasteiger partial charge is 0.361 e. The Bertz CT molecular complexity index is 1410. The molecule has 0 bridgehead atoms. The smallest absolute Gasteiger partial charge is 0.259 e. The fourth-order valence-corrected chi connectivity index (χ4v) is 4.49. The van der Waals surface area contributed by atoms with Crippen molar-refractivity contribution in [3.8, 4) is 0 Å². The first-order valence-corrected chi connectivity index (χ1v) is 10.5. The van der Waals surface area contributed by atoms with E-state index >= 15 is 0 Å². The lowest BCUT2D eigenvalue weighted by Crippen LogP contribution is -2.22. The van der Waals surface area contributed by atoms with Crippen molar-refractivity contribution in [3.63, 3.8) is 0 Å². The van der Waals surface area contributed by atoms with Crippen molar-refractivity contribution < 1.29 is 14.0 Å². The van der Waals surface area contributed by atoms with E-state index in [4.69, 9.17) is 0 Å². The average molecular weight is 430 g/mol. The van der Waals surface area contributed by atoms with Crippen LogP contribution in [0.2, 0.25) is 0 Å². The Morgan fingerprint density at radius 3 is 2.44 bits per heavy atom. The van der Waals surface area contributed by atoms with Crippen molar-refractivity contribution in [3.05, 3.63) is 71.8 Å². The highest BCUT2D eigenvalue weighted by atomic mass is 19.1. The summed E-state index contributed by atoms with van der Waals surface area (Å²) in [5.74, 6) is -1.26. The van der Waals surface area contributed by atoms with Gasteiger partial charge in [0.15, 0.2) is 0 Å². The van der Waals surface area contributed by atoms with Gasteiger partial charge >= 0.3 is 0 Å². The topological polar surface area (TPSA) is 70.1 Å². The quantitative estimate of drug-likeness (QED) is 0.458. The Kier molecular flexibility index (Phi) is 4.90. The number of aryl methyl sites for hydroxylation is 1. The maximum atomic E-state index is 14.9. The number of para-hydroxylation sites is 2. The van der Waals surface area contributed by atoms with E-state index in [0.717, 1.165) is 23.9 Å². The number of nitrogens with one attached hydrogen (secondary N) is 2. The summed E-state index contributed by atoms with van der Waals surface area (Å²) in [4.78, 5) is 31.1. The van der Waals surface area contributed by atoms with Crippen LogP contribution in [0.1, 0.15) is 17.5 Å². The first-order chi connectivity index (χ1) is 15.5. The molecule has 2 amide bonds. The molecular formula is C25H23FN4O2. The zero-order valence-electron chi connectivity index (χ0n) is 17.9. The van der Waals surface area contributed by atoms with Crippen LogP contribution in [0.25, 0.3) is 33.0 Å². The number of nitrogens with zero attached hydrogens (tertiary/aromatic N) is 2.